The summed E-state index contributed by atoms with van der Waals surface area (Å²) in [6.07, 6.45) is 4.26. The second kappa shape index (κ2) is 8.97. The largest absolute Gasteiger partial charge is 0.344 e. The van der Waals surface area contributed by atoms with Crippen LogP contribution in [0.1, 0.15) is 23.6 Å². The quantitative estimate of drug-likeness (QED) is 0.778. The Hall–Kier alpha value is -2.69. The summed E-state index contributed by atoms with van der Waals surface area (Å²) < 4.78 is 0. The molecule has 0 saturated heterocycles. The van der Waals surface area contributed by atoms with Crippen molar-refractivity contribution in [3.8, 4) is 0 Å². The number of carbonyl (C=O) groups is 2. The minimum absolute atomic E-state index is 0.0584. The SMILES string of the molecule is CC(=O)N(CC(=O)N(C)CCc1ccncc1)Cc1cccc(C)c1. The second-order valence-corrected chi connectivity index (χ2v) is 6.28. The lowest BCUT2D eigenvalue weighted by molar-refractivity contribution is -0.139. The summed E-state index contributed by atoms with van der Waals surface area (Å²) in [7, 11) is 1.77. The first-order chi connectivity index (χ1) is 12.0. The fourth-order valence-corrected chi connectivity index (χ4v) is 2.56. The number of amides is 2. The van der Waals surface area contributed by atoms with Gasteiger partial charge in [0.2, 0.25) is 11.8 Å². The number of hydrogen-bond acceptors (Lipinski definition) is 3. The summed E-state index contributed by atoms with van der Waals surface area (Å²) in [4.78, 5) is 31.6. The van der Waals surface area contributed by atoms with Gasteiger partial charge in [-0.1, -0.05) is 29.8 Å². The van der Waals surface area contributed by atoms with Crippen molar-refractivity contribution >= 4 is 11.8 Å². The molecule has 132 valence electrons. The molecule has 0 aliphatic rings. The predicted octanol–water partition coefficient (Wildman–Crippen LogP) is 2.44. The van der Waals surface area contributed by atoms with Crippen LogP contribution in [0.15, 0.2) is 48.8 Å². The zero-order chi connectivity index (χ0) is 18.2. The van der Waals surface area contributed by atoms with Gasteiger partial charge >= 0.3 is 0 Å². The van der Waals surface area contributed by atoms with Crippen molar-refractivity contribution in [1.29, 1.82) is 0 Å². The van der Waals surface area contributed by atoms with E-state index in [4.69, 9.17) is 0 Å². The van der Waals surface area contributed by atoms with E-state index in [1.807, 2.05) is 43.3 Å². The summed E-state index contributed by atoms with van der Waals surface area (Å²) in [5.41, 5.74) is 3.31. The maximum absolute atomic E-state index is 12.5. The van der Waals surface area contributed by atoms with Gasteiger partial charge in [0, 0.05) is 39.5 Å². The van der Waals surface area contributed by atoms with E-state index in [-0.39, 0.29) is 18.4 Å². The lowest BCUT2D eigenvalue weighted by Gasteiger charge is -2.24. The minimum atomic E-state index is -0.0996. The molecular weight excluding hydrogens is 314 g/mol. The van der Waals surface area contributed by atoms with Crippen LogP contribution in [0.3, 0.4) is 0 Å². The maximum Gasteiger partial charge on any atom is 0.241 e. The Bertz CT molecular complexity index is 716. The van der Waals surface area contributed by atoms with Crippen LogP contribution in [-0.4, -0.2) is 46.7 Å². The molecule has 1 heterocycles. The topological polar surface area (TPSA) is 53.5 Å². The van der Waals surface area contributed by atoms with E-state index < -0.39 is 0 Å². The number of aryl methyl sites for hydroxylation is 1. The van der Waals surface area contributed by atoms with Crippen LogP contribution in [-0.2, 0) is 22.6 Å². The van der Waals surface area contributed by atoms with Crippen LogP contribution < -0.4 is 0 Å². The lowest BCUT2D eigenvalue weighted by atomic mass is 10.1. The van der Waals surface area contributed by atoms with Gasteiger partial charge < -0.3 is 9.80 Å². The summed E-state index contributed by atoms with van der Waals surface area (Å²) >= 11 is 0. The lowest BCUT2D eigenvalue weighted by Crippen LogP contribution is -2.40. The standard InChI is InChI=1S/C20H25N3O2/c1-16-5-4-6-19(13-16)14-23(17(2)24)15-20(25)22(3)12-9-18-7-10-21-11-8-18/h4-8,10-11,13H,9,12,14-15H2,1-3H3. The van der Waals surface area contributed by atoms with Crippen molar-refractivity contribution < 1.29 is 9.59 Å². The Morgan fingerprint density at radius 3 is 2.44 bits per heavy atom. The van der Waals surface area contributed by atoms with Crippen LogP contribution in [0, 0.1) is 6.92 Å². The second-order valence-electron chi connectivity index (χ2n) is 6.28. The van der Waals surface area contributed by atoms with Gasteiger partial charge in [0.05, 0.1) is 0 Å². The summed E-state index contributed by atoms with van der Waals surface area (Å²) in [5.74, 6) is -0.158. The number of nitrogens with zero attached hydrogens (tertiary/aromatic N) is 3. The van der Waals surface area contributed by atoms with Crippen molar-refractivity contribution in [2.75, 3.05) is 20.1 Å². The number of hydrogen-bond donors (Lipinski definition) is 0. The van der Waals surface area contributed by atoms with Crippen LogP contribution in [0.4, 0.5) is 0 Å². The molecule has 5 nitrogen and oxygen atoms in total. The molecule has 0 atom stereocenters. The van der Waals surface area contributed by atoms with Gasteiger partial charge in [-0.05, 0) is 36.6 Å². The molecule has 0 radical (unpaired) electrons. The minimum Gasteiger partial charge on any atom is -0.344 e. The van der Waals surface area contributed by atoms with E-state index >= 15 is 0 Å². The van der Waals surface area contributed by atoms with Crippen molar-refractivity contribution in [2.45, 2.75) is 26.8 Å². The zero-order valence-electron chi connectivity index (χ0n) is 15.1. The third-order valence-electron chi connectivity index (χ3n) is 4.14. The number of likely N-dealkylation sites (N-methyl/N-ethyl adjacent to an activating group) is 1. The zero-order valence-corrected chi connectivity index (χ0v) is 15.1. The number of pyridine rings is 1. The molecule has 1 aromatic heterocycles. The highest BCUT2D eigenvalue weighted by Gasteiger charge is 2.17. The van der Waals surface area contributed by atoms with E-state index in [0.29, 0.717) is 13.1 Å². The van der Waals surface area contributed by atoms with E-state index in [2.05, 4.69) is 4.98 Å². The van der Waals surface area contributed by atoms with Gasteiger partial charge in [0.1, 0.15) is 6.54 Å². The molecule has 2 aromatic rings. The smallest absolute Gasteiger partial charge is 0.241 e. The van der Waals surface area contributed by atoms with Gasteiger partial charge in [0.15, 0.2) is 0 Å². The van der Waals surface area contributed by atoms with Crippen LogP contribution in [0.25, 0.3) is 0 Å². The molecule has 0 N–H and O–H groups in total. The molecule has 0 unspecified atom stereocenters. The highest BCUT2D eigenvalue weighted by Crippen LogP contribution is 2.09. The highest BCUT2D eigenvalue weighted by atomic mass is 16.2. The first-order valence-electron chi connectivity index (χ1n) is 8.39. The average Bonchev–Trinajstić information content (AvgIpc) is 2.59. The molecule has 25 heavy (non-hydrogen) atoms. The normalized spacial score (nSPS) is 10.4. The molecule has 0 spiro atoms. The number of rotatable bonds is 7. The average molecular weight is 339 g/mol. The van der Waals surface area contributed by atoms with Gasteiger partial charge in [-0.15, -0.1) is 0 Å². The summed E-state index contributed by atoms with van der Waals surface area (Å²) in [5, 5.41) is 0. The van der Waals surface area contributed by atoms with Crippen molar-refractivity contribution in [3.63, 3.8) is 0 Å². The molecule has 2 amide bonds. The maximum atomic E-state index is 12.5. The third-order valence-corrected chi connectivity index (χ3v) is 4.14. The third kappa shape index (κ3) is 6.03. The molecule has 0 bridgehead atoms. The van der Waals surface area contributed by atoms with E-state index in [1.165, 1.54) is 6.92 Å². The molecule has 2 rings (SSSR count). The van der Waals surface area contributed by atoms with Gasteiger partial charge in [-0.25, -0.2) is 0 Å². The number of carbonyl (C=O) groups excluding carboxylic acids is 2. The van der Waals surface area contributed by atoms with Crippen LogP contribution >= 0.6 is 0 Å². The van der Waals surface area contributed by atoms with Gasteiger partial charge in [-0.2, -0.15) is 0 Å². The van der Waals surface area contributed by atoms with Crippen LogP contribution in [0.5, 0.6) is 0 Å². The van der Waals surface area contributed by atoms with E-state index in [0.717, 1.165) is 23.1 Å². The van der Waals surface area contributed by atoms with Crippen molar-refractivity contribution in [2.24, 2.45) is 0 Å². The molecule has 0 aliphatic heterocycles. The molecule has 5 heteroatoms. The molecule has 0 saturated carbocycles. The number of aromatic nitrogens is 1. The Balaban J connectivity index is 1.91. The molecule has 0 fully saturated rings. The molecule has 0 aliphatic carbocycles. The Morgan fingerprint density at radius 2 is 1.80 bits per heavy atom. The number of benzene rings is 1. The first kappa shape index (κ1) is 18.6. The van der Waals surface area contributed by atoms with Crippen LogP contribution in [0.2, 0.25) is 0 Å². The first-order valence-corrected chi connectivity index (χ1v) is 8.39. The molecular formula is C20H25N3O2. The highest BCUT2D eigenvalue weighted by molar-refractivity contribution is 5.83. The predicted molar refractivity (Wildman–Crippen MR) is 97.8 cm³/mol. The van der Waals surface area contributed by atoms with Gasteiger partial charge in [0.25, 0.3) is 0 Å². The van der Waals surface area contributed by atoms with Crippen molar-refractivity contribution in [3.05, 3.63) is 65.5 Å². The Kier molecular flexibility index (Phi) is 6.69. The fourth-order valence-electron chi connectivity index (χ4n) is 2.56. The van der Waals surface area contributed by atoms with Gasteiger partial charge in [-0.3, -0.25) is 14.6 Å². The van der Waals surface area contributed by atoms with Crippen molar-refractivity contribution in [1.82, 2.24) is 14.8 Å². The Morgan fingerprint density at radius 1 is 1.08 bits per heavy atom. The van der Waals surface area contributed by atoms with E-state index in [9.17, 15) is 9.59 Å². The summed E-state index contributed by atoms with van der Waals surface area (Å²) in [6.45, 7) is 4.66. The molecule has 1 aromatic carbocycles. The summed E-state index contributed by atoms with van der Waals surface area (Å²) in [6, 6.07) is 11.9. The Labute approximate surface area is 149 Å². The van der Waals surface area contributed by atoms with E-state index in [1.54, 1.807) is 29.2 Å². The monoisotopic (exact) mass is 339 g/mol. The fraction of sp³-hybridized carbons (Fsp3) is 0.350.